The van der Waals surface area contributed by atoms with Crippen LogP contribution in [-0.2, 0) is 4.79 Å². The van der Waals surface area contributed by atoms with Crippen LogP contribution in [0.15, 0.2) is 0 Å². The van der Waals surface area contributed by atoms with E-state index in [2.05, 4.69) is 31.4 Å². The molecule has 132 valence electrons. The Bertz CT molecular complexity index is 298. The van der Waals surface area contributed by atoms with Crippen LogP contribution in [0.5, 0.6) is 0 Å². The first-order chi connectivity index (χ1) is 10.3. The molecule has 0 aromatic rings. The van der Waals surface area contributed by atoms with E-state index in [-0.39, 0.29) is 0 Å². The third kappa shape index (κ3) is 11.9. The molecule has 22 heavy (non-hydrogen) atoms. The zero-order valence-electron chi connectivity index (χ0n) is 15.0. The molecular formula is C16H37N4O2+. The van der Waals surface area contributed by atoms with E-state index in [1.807, 2.05) is 7.05 Å². The molecule has 0 aromatic carbocycles. The number of carboxylic acid groups (broad SMARTS) is 1. The molecule has 0 radical (unpaired) electrons. The van der Waals surface area contributed by atoms with E-state index in [1.165, 1.54) is 25.9 Å². The molecule has 0 aliphatic carbocycles. The monoisotopic (exact) mass is 317 g/mol. The number of aliphatic carboxylic acids is 1. The van der Waals surface area contributed by atoms with Gasteiger partial charge >= 0.3 is 5.97 Å². The first-order valence-corrected chi connectivity index (χ1v) is 8.42. The summed E-state index contributed by atoms with van der Waals surface area (Å²) in [5.41, 5.74) is 5.49. The SMILES string of the molecule is CNCCC[N+](C)(C)CCCN(C)CCCC[C@H](N)C(=O)O. The van der Waals surface area contributed by atoms with E-state index in [0.29, 0.717) is 6.42 Å². The van der Waals surface area contributed by atoms with Crippen LogP contribution in [0.25, 0.3) is 0 Å². The Morgan fingerprint density at radius 3 is 2.36 bits per heavy atom. The highest BCUT2D eigenvalue weighted by Gasteiger charge is 2.14. The minimum absolute atomic E-state index is 0.568. The number of nitrogens with two attached hydrogens (primary N) is 1. The van der Waals surface area contributed by atoms with Gasteiger partial charge in [0.15, 0.2) is 0 Å². The van der Waals surface area contributed by atoms with Gasteiger partial charge in [-0.15, -0.1) is 0 Å². The lowest BCUT2D eigenvalue weighted by atomic mass is 10.1. The van der Waals surface area contributed by atoms with E-state index in [4.69, 9.17) is 10.8 Å². The number of rotatable bonds is 14. The van der Waals surface area contributed by atoms with Gasteiger partial charge in [0, 0.05) is 25.9 Å². The van der Waals surface area contributed by atoms with E-state index in [9.17, 15) is 4.79 Å². The van der Waals surface area contributed by atoms with Gasteiger partial charge in [0.1, 0.15) is 6.04 Å². The van der Waals surface area contributed by atoms with Crippen molar-refractivity contribution in [2.75, 3.05) is 60.9 Å². The molecule has 0 aliphatic rings. The smallest absolute Gasteiger partial charge is 0.320 e. The van der Waals surface area contributed by atoms with Gasteiger partial charge in [-0.2, -0.15) is 0 Å². The molecule has 0 saturated heterocycles. The predicted molar refractivity (Wildman–Crippen MR) is 92.0 cm³/mol. The number of quaternary nitrogens is 1. The maximum absolute atomic E-state index is 10.6. The Morgan fingerprint density at radius 2 is 1.77 bits per heavy atom. The number of nitrogens with one attached hydrogen (secondary N) is 1. The Morgan fingerprint density at radius 1 is 1.18 bits per heavy atom. The molecule has 0 heterocycles. The second-order valence-corrected chi connectivity index (χ2v) is 6.94. The molecular weight excluding hydrogens is 280 g/mol. The molecule has 0 aliphatic heterocycles. The van der Waals surface area contributed by atoms with E-state index >= 15 is 0 Å². The van der Waals surface area contributed by atoms with Crippen molar-refractivity contribution in [3.63, 3.8) is 0 Å². The predicted octanol–water partition coefficient (Wildman–Crippen LogP) is 0.576. The van der Waals surface area contributed by atoms with Gasteiger partial charge in [0.25, 0.3) is 0 Å². The zero-order valence-corrected chi connectivity index (χ0v) is 15.0. The zero-order chi connectivity index (χ0) is 17.0. The van der Waals surface area contributed by atoms with Crippen molar-refractivity contribution in [2.45, 2.75) is 38.1 Å². The van der Waals surface area contributed by atoms with Crippen LogP contribution in [0, 0.1) is 0 Å². The number of hydrogen-bond donors (Lipinski definition) is 3. The quantitative estimate of drug-likeness (QED) is 0.323. The maximum atomic E-state index is 10.6. The van der Waals surface area contributed by atoms with Crippen LogP contribution in [0.3, 0.4) is 0 Å². The summed E-state index contributed by atoms with van der Waals surface area (Å²) in [5.74, 6) is -0.897. The third-order valence-electron chi connectivity index (χ3n) is 4.12. The molecule has 6 heteroatoms. The number of hydrogen-bond acceptors (Lipinski definition) is 4. The molecule has 6 nitrogen and oxygen atoms in total. The van der Waals surface area contributed by atoms with Crippen LogP contribution >= 0.6 is 0 Å². The van der Waals surface area contributed by atoms with Crippen molar-refractivity contribution in [1.82, 2.24) is 10.2 Å². The van der Waals surface area contributed by atoms with Crippen LogP contribution in [0.1, 0.15) is 32.1 Å². The minimum atomic E-state index is -0.897. The fraction of sp³-hybridized carbons (Fsp3) is 0.938. The summed E-state index contributed by atoms with van der Waals surface area (Å²) in [6.07, 6.45) is 4.86. The lowest BCUT2D eigenvalue weighted by Crippen LogP contribution is -2.43. The van der Waals surface area contributed by atoms with Crippen molar-refractivity contribution in [2.24, 2.45) is 5.73 Å². The first-order valence-electron chi connectivity index (χ1n) is 8.42. The molecule has 0 spiro atoms. The summed E-state index contributed by atoms with van der Waals surface area (Å²) in [6, 6.07) is -0.707. The molecule has 0 fully saturated rings. The van der Waals surface area contributed by atoms with Gasteiger partial charge in [-0.3, -0.25) is 4.79 Å². The molecule has 0 bridgehead atoms. The Kier molecular flexibility index (Phi) is 11.5. The summed E-state index contributed by atoms with van der Waals surface area (Å²) >= 11 is 0. The number of nitrogens with zero attached hydrogens (tertiary/aromatic N) is 2. The van der Waals surface area contributed by atoms with Crippen molar-refractivity contribution < 1.29 is 14.4 Å². The van der Waals surface area contributed by atoms with Crippen LogP contribution in [0.4, 0.5) is 0 Å². The highest BCUT2D eigenvalue weighted by Crippen LogP contribution is 2.04. The standard InChI is InChI=1S/C16H36N4O2/c1-18-10-7-13-20(3,4)14-8-12-19(2)11-6-5-9-15(17)16(21)22/h15,18H,5-14,17H2,1-4H3/p+1/t15-/m0/s1. The average Bonchev–Trinajstić information content (AvgIpc) is 2.43. The molecule has 0 amide bonds. The summed E-state index contributed by atoms with van der Waals surface area (Å²) in [5, 5.41) is 11.9. The van der Waals surface area contributed by atoms with Crippen LogP contribution < -0.4 is 11.1 Å². The van der Waals surface area contributed by atoms with E-state index < -0.39 is 12.0 Å². The minimum Gasteiger partial charge on any atom is -0.480 e. The van der Waals surface area contributed by atoms with Gasteiger partial charge in [-0.1, -0.05) is 6.42 Å². The number of carbonyl (C=O) groups is 1. The second-order valence-electron chi connectivity index (χ2n) is 6.94. The number of unbranched alkanes of at least 4 members (excludes halogenated alkanes) is 1. The lowest BCUT2D eigenvalue weighted by molar-refractivity contribution is -0.890. The van der Waals surface area contributed by atoms with Gasteiger partial charge in [0.05, 0.1) is 27.2 Å². The average molecular weight is 317 g/mol. The fourth-order valence-electron chi connectivity index (χ4n) is 2.55. The molecule has 0 unspecified atom stereocenters. The maximum Gasteiger partial charge on any atom is 0.320 e. The second kappa shape index (κ2) is 11.8. The molecule has 4 N–H and O–H groups in total. The van der Waals surface area contributed by atoms with Crippen LogP contribution in [-0.4, -0.2) is 87.4 Å². The molecule has 1 atom stereocenters. The lowest BCUT2D eigenvalue weighted by Gasteiger charge is -2.30. The Hall–Kier alpha value is -0.690. The molecule has 0 rings (SSSR count). The third-order valence-corrected chi connectivity index (χ3v) is 4.12. The summed E-state index contributed by atoms with van der Waals surface area (Å²) < 4.78 is 1.07. The highest BCUT2D eigenvalue weighted by atomic mass is 16.4. The largest absolute Gasteiger partial charge is 0.480 e. The van der Waals surface area contributed by atoms with Gasteiger partial charge in [-0.25, -0.2) is 0 Å². The van der Waals surface area contributed by atoms with Gasteiger partial charge in [0.2, 0.25) is 0 Å². The van der Waals surface area contributed by atoms with E-state index in [1.54, 1.807) is 0 Å². The Balaban J connectivity index is 3.64. The van der Waals surface area contributed by atoms with Crippen LogP contribution in [0.2, 0.25) is 0 Å². The van der Waals surface area contributed by atoms with Gasteiger partial charge in [-0.05, 0) is 33.5 Å². The van der Waals surface area contributed by atoms with Crippen molar-refractivity contribution >= 4 is 5.97 Å². The van der Waals surface area contributed by atoms with Crippen molar-refractivity contribution in [1.29, 1.82) is 0 Å². The van der Waals surface area contributed by atoms with E-state index in [0.717, 1.165) is 37.0 Å². The van der Waals surface area contributed by atoms with Crippen molar-refractivity contribution in [3.05, 3.63) is 0 Å². The van der Waals surface area contributed by atoms with Gasteiger partial charge < -0.3 is 25.5 Å². The molecule has 0 saturated carbocycles. The highest BCUT2D eigenvalue weighted by molar-refractivity contribution is 5.72. The Labute approximate surface area is 136 Å². The first kappa shape index (κ1) is 21.3. The summed E-state index contributed by atoms with van der Waals surface area (Å²) in [7, 11) is 8.72. The summed E-state index contributed by atoms with van der Waals surface area (Å²) in [6.45, 7) is 5.59. The normalized spacial score (nSPS) is 13.5. The topological polar surface area (TPSA) is 78.6 Å². The van der Waals surface area contributed by atoms with Crippen molar-refractivity contribution in [3.8, 4) is 0 Å². The number of carboxylic acids is 1. The summed E-state index contributed by atoms with van der Waals surface area (Å²) in [4.78, 5) is 12.9. The molecule has 0 aromatic heterocycles. The fourth-order valence-corrected chi connectivity index (χ4v) is 2.55.